The number of hydrogen-bond acceptors (Lipinski definition) is 5. The molecule has 1 saturated heterocycles. The Hall–Kier alpha value is -2.18. The Morgan fingerprint density at radius 2 is 2.20 bits per heavy atom. The molecule has 7 nitrogen and oxygen atoms in total. The maximum absolute atomic E-state index is 12.6. The molecule has 0 bridgehead atoms. The number of amides is 1. The molecular formula is C13H18N4O3. The van der Waals surface area contributed by atoms with Crippen LogP contribution in [-0.2, 0) is 0 Å². The van der Waals surface area contributed by atoms with Crippen molar-refractivity contribution in [2.45, 2.75) is 32.7 Å². The van der Waals surface area contributed by atoms with Gasteiger partial charge in [-0.05, 0) is 31.7 Å². The fraction of sp³-hybridized carbons (Fsp3) is 0.538. The van der Waals surface area contributed by atoms with Crippen LogP contribution in [0.15, 0.2) is 12.3 Å². The maximum Gasteiger partial charge on any atom is 0.300 e. The van der Waals surface area contributed by atoms with Gasteiger partial charge < -0.3 is 10.6 Å². The minimum atomic E-state index is -0.599. The van der Waals surface area contributed by atoms with Crippen LogP contribution >= 0.6 is 0 Å². The third kappa shape index (κ3) is 2.71. The average molecular weight is 278 g/mol. The largest absolute Gasteiger partial charge is 0.384 e. The fourth-order valence-electron chi connectivity index (χ4n) is 2.51. The quantitative estimate of drug-likeness (QED) is 0.656. The van der Waals surface area contributed by atoms with Crippen molar-refractivity contribution in [2.75, 3.05) is 12.3 Å². The van der Waals surface area contributed by atoms with Crippen LogP contribution in [0.3, 0.4) is 0 Å². The lowest BCUT2D eigenvalue weighted by Gasteiger charge is -2.36. The third-order valence-electron chi connectivity index (χ3n) is 3.71. The minimum absolute atomic E-state index is 0.0171. The molecule has 2 unspecified atom stereocenters. The predicted molar refractivity (Wildman–Crippen MR) is 74.2 cm³/mol. The fourth-order valence-corrected chi connectivity index (χ4v) is 2.51. The topological polar surface area (TPSA) is 102 Å². The summed E-state index contributed by atoms with van der Waals surface area (Å²) in [7, 11) is 0. The molecule has 2 rings (SSSR count). The van der Waals surface area contributed by atoms with Crippen molar-refractivity contribution in [1.29, 1.82) is 0 Å². The van der Waals surface area contributed by atoms with E-state index in [1.165, 1.54) is 6.07 Å². The summed E-state index contributed by atoms with van der Waals surface area (Å²) in [5, 5.41) is 11.0. The van der Waals surface area contributed by atoms with Gasteiger partial charge in [0.1, 0.15) is 17.6 Å². The number of aromatic nitrogens is 1. The number of hydrogen-bond donors (Lipinski definition) is 1. The number of nitrogens with two attached hydrogens (primary N) is 1. The minimum Gasteiger partial charge on any atom is -0.384 e. The second-order valence-corrected chi connectivity index (χ2v) is 5.37. The Kier molecular flexibility index (Phi) is 3.87. The van der Waals surface area contributed by atoms with E-state index in [2.05, 4.69) is 11.9 Å². The summed E-state index contributed by atoms with van der Waals surface area (Å²) in [6, 6.07) is 1.36. The van der Waals surface area contributed by atoms with Crippen molar-refractivity contribution >= 4 is 17.4 Å². The molecule has 0 aliphatic carbocycles. The van der Waals surface area contributed by atoms with Gasteiger partial charge in [-0.25, -0.2) is 4.98 Å². The van der Waals surface area contributed by atoms with Crippen molar-refractivity contribution in [3.8, 4) is 0 Å². The molecule has 1 amide bonds. The Morgan fingerprint density at radius 1 is 1.50 bits per heavy atom. The summed E-state index contributed by atoms with van der Waals surface area (Å²) in [6.07, 6.45) is 3.01. The van der Waals surface area contributed by atoms with Crippen LogP contribution in [-0.4, -0.2) is 33.3 Å². The highest BCUT2D eigenvalue weighted by molar-refractivity contribution is 5.98. The maximum atomic E-state index is 12.6. The molecule has 0 radical (unpaired) electrons. The first-order valence-corrected chi connectivity index (χ1v) is 6.61. The third-order valence-corrected chi connectivity index (χ3v) is 3.71. The van der Waals surface area contributed by atoms with Gasteiger partial charge in [0.05, 0.1) is 4.92 Å². The van der Waals surface area contributed by atoms with Crippen LogP contribution in [0.2, 0.25) is 0 Å². The number of likely N-dealkylation sites (tertiary alicyclic amines) is 1. The predicted octanol–water partition coefficient (Wildman–Crippen LogP) is 1.83. The molecule has 0 spiro atoms. The van der Waals surface area contributed by atoms with Gasteiger partial charge in [0, 0.05) is 12.6 Å². The van der Waals surface area contributed by atoms with E-state index in [0.29, 0.717) is 12.5 Å². The highest BCUT2D eigenvalue weighted by atomic mass is 16.6. The van der Waals surface area contributed by atoms with E-state index < -0.39 is 4.92 Å². The lowest BCUT2D eigenvalue weighted by molar-refractivity contribution is -0.385. The van der Waals surface area contributed by atoms with E-state index >= 15 is 0 Å². The van der Waals surface area contributed by atoms with Crippen molar-refractivity contribution < 1.29 is 9.72 Å². The standard InChI is InChI=1S/C13H18N4O3/c1-8-3-4-9(2)16(7-8)13(18)10-5-12(14)15-6-11(10)17(19)20/h5-6,8-9H,3-4,7H2,1-2H3,(H2,14,15). The molecule has 1 aromatic rings. The Labute approximate surface area is 116 Å². The summed E-state index contributed by atoms with van der Waals surface area (Å²) < 4.78 is 0. The van der Waals surface area contributed by atoms with Crippen LogP contribution in [0, 0.1) is 16.0 Å². The zero-order valence-electron chi connectivity index (χ0n) is 11.6. The number of nitro groups is 1. The van der Waals surface area contributed by atoms with Gasteiger partial charge in [-0.1, -0.05) is 6.92 Å². The van der Waals surface area contributed by atoms with E-state index in [1.54, 1.807) is 4.90 Å². The number of rotatable bonds is 2. The molecule has 2 heterocycles. The van der Waals surface area contributed by atoms with Gasteiger partial charge in [-0.2, -0.15) is 0 Å². The summed E-state index contributed by atoms with van der Waals surface area (Å²) in [6.45, 7) is 4.64. The number of pyridine rings is 1. The summed E-state index contributed by atoms with van der Waals surface area (Å²) in [5.41, 5.74) is 5.27. The molecule has 1 aromatic heterocycles. The number of carbonyl (C=O) groups excluding carboxylic acids is 1. The average Bonchev–Trinajstić information content (AvgIpc) is 2.40. The number of anilines is 1. The number of nitrogen functional groups attached to an aromatic ring is 1. The van der Waals surface area contributed by atoms with Gasteiger partial charge >= 0.3 is 0 Å². The zero-order chi connectivity index (χ0) is 14.9. The lowest BCUT2D eigenvalue weighted by atomic mass is 9.94. The Balaban J connectivity index is 2.37. The second kappa shape index (κ2) is 5.44. The first kappa shape index (κ1) is 14.2. The van der Waals surface area contributed by atoms with Crippen molar-refractivity contribution in [1.82, 2.24) is 9.88 Å². The zero-order valence-corrected chi connectivity index (χ0v) is 11.6. The number of carbonyl (C=O) groups is 1. The van der Waals surface area contributed by atoms with Crippen LogP contribution in [0.1, 0.15) is 37.0 Å². The van der Waals surface area contributed by atoms with Gasteiger partial charge in [0.15, 0.2) is 0 Å². The molecule has 7 heteroatoms. The molecule has 108 valence electrons. The SMILES string of the molecule is CC1CCC(C)N(C(=O)c2cc(N)ncc2[N+](=O)[O-])C1. The smallest absolute Gasteiger partial charge is 0.300 e. The van der Waals surface area contributed by atoms with E-state index in [4.69, 9.17) is 5.73 Å². The van der Waals surface area contributed by atoms with E-state index in [1.807, 2.05) is 6.92 Å². The molecule has 1 fully saturated rings. The normalized spacial score (nSPS) is 22.6. The van der Waals surface area contributed by atoms with Crippen molar-refractivity contribution in [3.63, 3.8) is 0 Å². The van der Waals surface area contributed by atoms with Gasteiger partial charge in [0.2, 0.25) is 0 Å². The Bertz CT molecular complexity index is 546. The van der Waals surface area contributed by atoms with E-state index in [-0.39, 0.29) is 29.0 Å². The molecule has 2 N–H and O–H groups in total. The second-order valence-electron chi connectivity index (χ2n) is 5.37. The molecule has 0 saturated carbocycles. The van der Waals surface area contributed by atoms with Crippen LogP contribution in [0.4, 0.5) is 11.5 Å². The molecular weight excluding hydrogens is 260 g/mol. The van der Waals surface area contributed by atoms with Gasteiger partial charge in [-0.3, -0.25) is 14.9 Å². The molecule has 1 aliphatic rings. The molecule has 2 atom stereocenters. The number of piperidine rings is 1. The highest BCUT2D eigenvalue weighted by Crippen LogP contribution is 2.27. The van der Waals surface area contributed by atoms with Crippen LogP contribution in [0.25, 0.3) is 0 Å². The number of nitrogens with zero attached hydrogens (tertiary/aromatic N) is 3. The molecule has 20 heavy (non-hydrogen) atoms. The van der Waals surface area contributed by atoms with Crippen LogP contribution in [0.5, 0.6) is 0 Å². The molecule has 1 aliphatic heterocycles. The summed E-state index contributed by atoms with van der Waals surface area (Å²) in [4.78, 5) is 28.4. The Morgan fingerprint density at radius 3 is 2.85 bits per heavy atom. The van der Waals surface area contributed by atoms with Crippen molar-refractivity contribution in [2.24, 2.45) is 5.92 Å². The van der Waals surface area contributed by atoms with E-state index in [9.17, 15) is 14.9 Å². The van der Waals surface area contributed by atoms with Crippen molar-refractivity contribution in [3.05, 3.63) is 27.9 Å². The summed E-state index contributed by atoms with van der Waals surface area (Å²) >= 11 is 0. The van der Waals surface area contributed by atoms with Gasteiger partial charge in [-0.15, -0.1) is 0 Å². The van der Waals surface area contributed by atoms with Crippen LogP contribution < -0.4 is 5.73 Å². The first-order chi connectivity index (χ1) is 9.40. The monoisotopic (exact) mass is 278 g/mol. The lowest BCUT2D eigenvalue weighted by Crippen LogP contribution is -2.45. The van der Waals surface area contributed by atoms with Gasteiger partial charge in [0.25, 0.3) is 11.6 Å². The molecule has 0 aromatic carbocycles. The first-order valence-electron chi connectivity index (χ1n) is 6.61. The summed E-state index contributed by atoms with van der Waals surface area (Å²) in [5.74, 6) is 0.162. The highest BCUT2D eigenvalue weighted by Gasteiger charge is 2.31. The van der Waals surface area contributed by atoms with E-state index in [0.717, 1.165) is 19.0 Å².